The highest BCUT2D eigenvalue weighted by molar-refractivity contribution is 7.98. The van der Waals surface area contributed by atoms with Crippen LogP contribution in [0.5, 0.6) is 0 Å². The molecule has 1 unspecified atom stereocenters. The maximum absolute atomic E-state index is 14.2. The number of hydrogen-bond donors (Lipinski definition) is 0. The molecule has 0 aliphatic heterocycles. The van der Waals surface area contributed by atoms with Gasteiger partial charge in [-0.2, -0.15) is 0 Å². The largest absolute Gasteiger partial charge is 0.252 e. The van der Waals surface area contributed by atoms with Crippen LogP contribution in [0, 0.1) is 5.82 Å². The van der Waals surface area contributed by atoms with Crippen molar-refractivity contribution in [3.8, 4) is 0 Å². The number of hydrogen-bond acceptors (Lipinski definition) is 5. The molecule has 0 saturated heterocycles. The second-order valence-electron chi connectivity index (χ2n) is 5.76. The molecular weight excluding hydrogens is 368 g/mol. The van der Waals surface area contributed by atoms with Gasteiger partial charge in [-0.15, -0.1) is 11.8 Å². The topological polar surface area (TPSA) is 64.8 Å². The summed E-state index contributed by atoms with van der Waals surface area (Å²) in [5.74, 6) is -1.16. The van der Waals surface area contributed by atoms with Crippen LogP contribution >= 0.6 is 11.8 Å². The molecule has 0 aromatic carbocycles. The van der Waals surface area contributed by atoms with E-state index in [2.05, 4.69) is 9.97 Å². The molecule has 1 aliphatic carbocycles. The number of aromatic nitrogens is 3. The minimum atomic E-state index is -3.89. The van der Waals surface area contributed by atoms with Gasteiger partial charge in [0.15, 0.2) is 11.6 Å². The van der Waals surface area contributed by atoms with Gasteiger partial charge in [-0.25, -0.2) is 27.2 Å². The summed E-state index contributed by atoms with van der Waals surface area (Å²) in [7, 11) is -3.89. The van der Waals surface area contributed by atoms with Crippen molar-refractivity contribution < 1.29 is 17.2 Å². The molecule has 3 rings (SSSR count). The smallest absolute Gasteiger partial charge is 0.247 e. The van der Waals surface area contributed by atoms with E-state index in [1.807, 2.05) is 0 Å². The van der Waals surface area contributed by atoms with Crippen LogP contribution in [0.2, 0.25) is 0 Å². The van der Waals surface area contributed by atoms with Gasteiger partial charge in [0.05, 0.1) is 6.20 Å². The maximum Gasteiger partial charge on any atom is 0.247 e. The maximum atomic E-state index is 14.2. The van der Waals surface area contributed by atoms with E-state index in [1.165, 1.54) is 25.4 Å². The van der Waals surface area contributed by atoms with E-state index in [0.29, 0.717) is 5.57 Å². The zero-order valence-corrected chi connectivity index (χ0v) is 15.1. The Bertz CT molecular complexity index is 969. The van der Waals surface area contributed by atoms with Gasteiger partial charge in [0.25, 0.3) is 0 Å². The summed E-state index contributed by atoms with van der Waals surface area (Å²) in [5.41, 5.74) is 0.300. The third kappa shape index (κ3) is 3.13. The highest BCUT2D eigenvalue weighted by atomic mass is 32.2. The van der Waals surface area contributed by atoms with Gasteiger partial charge in [0, 0.05) is 24.4 Å². The summed E-state index contributed by atoms with van der Waals surface area (Å²) < 4.78 is 53.1. The van der Waals surface area contributed by atoms with Crippen molar-refractivity contribution in [2.24, 2.45) is 0 Å². The zero-order valence-electron chi connectivity index (χ0n) is 13.5. The Morgan fingerprint density at radius 2 is 1.96 bits per heavy atom. The van der Waals surface area contributed by atoms with Crippen molar-refractivity contribution >= 4 is 27.4 Å². The van der Waals surface area contributed by atoms with Gasteiger partial charge in [0.2, 0.25) is 10.0 Å². The van der Waals surface area contributed by atoms with Crippen molar-refractivity contribution in [3.05, 3.63) is 60.3 Å². The zero-order chi connectivity index (χ0) is 18.2. The van der Waals surface area contributed by atoms with E-state index >= 15 is 0 Å². The van der Waals surface area contributed by atoms with Gasteiger partial charge >= 0.3 is 0 Å². The Balaban J connectivity index is 2.05. The summed E-state index contributed by atoms with van der Waals surface area (Å²) in [6.45, 7) is 1.44. The lowest BCUT2D eigenvalue weighted by molar-refractivity contribution is 0.544. The molecule has 25 heavy (non-hydrogen) atoms. The molecule has 5 nitrogen and oxygen atoms in total. The summed E-state index contributed by atoms with van der Waals surface area (Å²) in [6, 6.07) is 3.16. The highest BCUT2D eigenvalue weighted by Gasteiger charge is 2.42. The average molecular weight is 383 g/mol. The first kappa shape index (κ1) is 17.8. The lowest BCUT2D eigenvalue weighted by Crippen LogP contribution is -2.39. The average Bonchev–Trinajstić information content (AvgIpc) is 3.09. The summed E-state index contributed by atoms with van der Waals surface area (Å²) >= 11 is 1.09. The Labute approximate surface area is 148 Å². The molecule has 2 heterocycles. The van der Waals surface area contributed by atoms with Crippen molar-refractivity contribution in [3.63, 3.8) is 0 Å². The van der Waals surface area contributed by atoms with E-state index in [-0.39, 0.29) is 17.3 Å². The van der Waals surface area contributed by atoms with Gasteiger partial charge < -0.3 is 0 Å². The fourth-order valence-corrected chi connectivity index (χ4v) is 4.63. The first-order valence-corrected chi connectivity index (χ1v) is 9.97. The molecule has 1 atom stereocenters. The quantitative estimate of drug-likeness (QED) is 0.598. The summed E-state index contributed by atoms with van der Waals surface area (Å²) in [5, 5.41) is 0.121. The normalized spacial score (nSPS) is 21.0. The third-order valence-corrected chi connectivity index (χ3v) is 6.85. The predicted molar refractivity (Wildman–Crippen MR) is 92.7 cm³/mol. The van der Waals surface area contributed by atoms with Crippen molar-refractivity contribution in [1.29, 1.82) is 0 Å². The van der Waals surface area contributed by atoms with Crippen LogP contribution in [0.15, 0.2) is 53.7 Å². The van der Waals surface area contributed by atoms with Crippen LogP contribution in [0.25, 0.3) is 5.57 Å². The third-order valence-electron chi connectivity index (χ3n) is 3.93. The van der Waals surface area contributed by atoms with Crippen LogP contribution in [-0.4, -0.2) is 33.4 Å². The van der Waals surface area contributed by atoms with Gasteiger partial charge in [-0.3, -0.25) is 3.97 Å². The minimum absolute atomic E-state index is 0.0274. The molecule has 132 valence electrons. The molecule has 0 spiro atoms. The molecule has 0 saturated carbocycles. The highest BCUT2D eigenvalue weighted by Crippen LogP contribution is 2.38. The van der Waals surface area contributed by atoms with Crippen LogP contribution in [0.3, 0.4) is 0 Å². The second-order valence-corrected chi connectivity index (χ2v) is 8.86. The molecule has 2 aromatic rings. The van der Waals surface area contributed by atoms with Gasteiger partial charge in [-0.1, -0.05) is 0 Å². The standard InChI is InChI=1S/C16H15F2N3O2S2/c1-16(25(22,23)21-5-3-4-6-21)8-11(7-12(17)9-16)14-19-10-13(18)15(20-14)24-2/h3-7,9-10H,8H2,1-2H3. The van der Waals surface area contributed by atoms with Crippen molar-refractivity contribution in [2.45, 2.75) is 23.1 Å². The Morgan fingerprint density at radius 1 is 1.28 bits per heavy atom. The Kier molecular flexibility index (Phi) is 4.54. The molecule has 0 N–H and O–H groups in total. The molecule has 9 heteroatoms. The summed E-state index contributed by atoms with van der Waals surface area (Å²) in [4.78, 5) is 7.96. The lowest BCUT2D eigenvalue weighted by atomic mass is 9.94. The number of rotatable bonds is 4. The molecule has 2 aromatic heterocycles. The fourth-order valence-electron chi connectivity index (χ4n) is 2.66. The van der Waals surface area contributed by atoms with E-state index in [0.717, 1.165) is 28.0 Å². The SMILES string of the molecule is CSc1nc(C2=CC(F)=CC(C)(S(=O)(=O)n3cccc3)C2)ncc1F. The van der Waals surface area contributed by atoms with Crippen LogP contribution < -0.4 is 0 Å². The first-order valence-electron chi connectivity index (χ1n) is 7.31. The lowest BCUT2D eigenvalue weighted by Gasteiger charge is -2.29. The van der Waals surface area contributed by atoms with Crippen LogP contribution in [0.1, 0.15) is 19.2 Å². The predicted octanol–water partition coefficient (Wildman–Crippen LogP) is 3.42. The van der Waals surface area contributed by atoms with Crippen LogP contribution in [-0.2, 0) is 10.0 Å². The van der Waals surface area contributed by atoms with E-state index in [9.17, 15) is 17.2 Å². The van der Waals surface area contributed by atoms with Crippen LogP contribution in [0.4, 0.5) is 8.78 Å². The minimum Gasteiger partial charge on any atom is -0.252 e. The number of nitrogens with zero attached hydrogens (tertiary/aromatic N) is 3. The molecule has 0 fully saturated rings. The first-order chi connectivity index (χ1) is 11.8. The van der Waals surface area contributed by atoms with Gasteiger partial charge in [-0.05, 0) is 37.5 Å². The molecular formula is C16H15F2N3O2S2. The van der Waals surface area contributed by atoms with Crippen molar-refractivity contribution in [2.75, 3.05) is 6.26 Å². The Morgan fingerprint density at radius 3 is 2.60 bits per heavy atom. The number of allylic oxidation sites excluding steroid dienone is 3. The molecule has 0 amide bonds. The van der Waals surface area contributed by atoms with E-state index < -0.39 is 26.4 Å². The molecule has 0 bridgehead atoms. The fraction of sp³-hybridized carbons (Fsp3) is 0.250. The number of thioether (sulfide) groups is 1. The monoisotopic (exact) mass is 383 g/mol. The Hall–Kier alpha value is -2.00. The van der Waals surface area contributed by atoms with Crippen molar-refractivity contribution in [1.82, 2.24) is 13.9 Å². The van der Waals surface area contributed by atoms with E-state index in [1.54, 1.807) is 18.4 Å². The van der Waals surface area contributed by atoms with E-state index in [4.69, 9.17) is 0 Å². The molecule has 0 radical (unpaired) electrons. The summed E-state index contributed by atoms with van der Waals surface area (Å²) in [6.07, 6.45) is 7.68. The molecule has 1 aliphatic rings. The number of halogens is 2. The van der Waals surface area contributed by atoms with Gasteiger partial charge in [0.1, 0.15) is 15.6 Å². The second kappa shape index (κ2) is 6.38.